The molecule has 0 saturated carbocycles. The van der Waals surface area contributed by atoms with Gasteiger partial charge in [0.1, 0.15) is 24.0 Å². The highest BCUT2D eigenvalue weighted by atomic mass is 79.9. The maximum absolute atomic E-state index is 11.4. The minimum atomic E-state index is -0.770. The van der Waals surface area contributed by atoms with Crippen LogP contribution in [0.25, 0.3) is 16.8 Å². The van der Waals surface area contributed by atoms with E-state index < -0.39 is 5.91 Å². The number of ether oxygens (including phenoxy) is 1. The Bertz CT molecular complexity index is 1100. The fourth-order valence-electron chi connectivity index (χ4n) is 2.86. The summed E-state index contributed by atoms with van der Waals surface area (Å²) >= 11 is 3.40. The van der Waals surface area contributed by atoms with Crippen molar-refractivity contribution in [1.82, 2.24) is 0 Å². The minimum Gasteiger partial charge on any atom is -0.488 e. The maximum atomic E-state index is 11.4. The number of nitriles is 1. The van der Waals surface area contributed by atoms with Gasteiger partial charge in [-0.1, -0.05) is 52.3 Å². The SMILES string of the molecule is Cc1ccc2ccccc2c1COc1ccc(Br)cc1/C=C(\C#N)C(N)=O. The molecule has 3 rings (SSSR count). The molecule has 0 heterocycles. The van der Waals surface area contributed by atoms with Gasteiger partial charge in [-0.05, 0) is 47.5 Å². The van der Waals surface area contributed by atoms with Gasteiger partial charge in [-0.3, -0.25) is 4.79 Å². The zero-order valence-electron chi connectivity index (χ0n) is 14.7. The second-order valence-electron chi connectivity index (χ2n) is 6.09. The predicted molar refractivity (Wildman–Crippen MR) is 110 cm³/mol. The third kappa shape index (κ3) is 4.18. The summed E-state index contributed by atoms with van der Waals surface area (Å²) < 4.78 is 6.87. The van der Waals surface area contributed by atoms with Crippen molar-refractivity contribution in [2.24, 2.45) is 5.73 Å². The Morgan fingerprint density at radius 2 is 2.00 bits per heavy atom. The largest absolute Gasteiger partial charge is 0.488 e. The van der Waals surface area contributed by atoms with Crippen LogP contribution in [-0.2, 0) is 11.4 Å². The Morgan fingerprint density at radius 1 is 1.22 bits per heavy atom. The fraction of sp³-hybridized carbons (Fsp3) is 0.0909. The fourth-order valence-corrected chi connectivity index (χ4v) is 3.24. The standard InChI is InChI=1S/C22H17BrN2O2/c1-14-6-7-15-4-2-3-5-19(15)20(14)13-27-21-9-8-18(23)11-16(21)10-17(12-24)22(25)26/h2-11H,13H2,1H3,(H2,25,26)/b17-10+. The smallest absolute Gasteiger partial charge is 0.259 e. The van der Waals surface area contributed by atoms with Crippen LogP contribution in [0.1, 0.15) is 16.7 Å². The number of rotatable bonds is 5. The van der Waals surface area contributed by atoms with Crippen molar-refractivity contribution in [3.8, 4) is 11.8 Å². The lowest BCUT2D eigenvalue weighted by atomic mass is 10.0. The number of carbonyl (C=O) groups excluding carboxylic acids is 1. The number of primary amides is 1. The number of benzene rings is 3. The molecule has 0 atom stereocenters. The van der Waals surface area contributed by atoms with Gasteiger partial charge in [0.2, 0.25) is 0 Å². The van der Waals surface area contributed by atoms with Crippen molar-refractivity contribution < 1.29 is 9.53 Å². The van der Waals surface area contributed by atoms with Gasteiger partial charge in [0, 0.05) is 15.6 Å². The lowest BCUT2D eigenvalue weighted by molar-refractivity contribution is -0.114. The molecule has 2 N–H and O–H groups in total. The highest BCUT2D eigenvalue weighted by Gasteiger charge is 2.10. The van der Waals surface area contributed by atoms with E-state index in [0.29, 0.717) is 17.9 Å². The number of fused-ring (bicyclic) bond motifs is 1. The molecule has 0 bridgehead atoms. The molecule has 3 aromatic carbocycles. The second kappa shape index (κ2) is 8.07. The van der Waals surface area contributed by atoms with Crippen LogP contribution in [0.3, 0.4) is 0 Å². The summed E-state index contributed by atoms with van der Waals surface area (Å²) in [5.41, 5.74) is 7.97. The van der Waals surface area contributed by atoms with Crippen molar-refractivity contribution in [3.05, 3.63) is 81.3 Å². The Kier molecular flexibility index (Phi) is 5.58. The van der Waals surface area contributed by atoms with Crippen molar-refractivity contribution in [1.29, 1.82) is 5.26 Å². The summed E-state index contributed by atoms with van der Waals surface area (Å²) in [6.07, 6.45) is 1.44. The summed E-state index contributed by atoms with van der Waals surface area (Å²) in [5.74, 6) is -0.201. The normalized spacial score (nSPS) is 11.2. The zero-order chi connectivity index (χ0) is 19.4. The molecule has 134 valence electrons. The third-order valence-corrected chi connectivity index (χ3v) is 4.80. The number of aryl methyl sites for hydroxylation is 1. The van der Waals surface area contributed by atoms with Gasteiger partial charge in [-0.15, -0.1) is 0 Å². The first-order chi connectivity index (χ1) is 13.0. The molecule has 0 aliphatic carbocycles. The summed E-state index contributed by atoms with van der Waals surface area (Å²) in [6, 6.07) is 19.6. The van der Waals surface area contributed by atoms with E-state index in [1.54, 1.807) is 12.1 Å². The highest BCUT2D eigenvalue weighted by Crippen LogP contribution is 2.28. The average Bonchev–Trinajstić information content (AvgIpc) is 2.66. The van der Waals surface area contributed by atoms with Crippen LogP contribution in [-0.4, -0.2) is 5.91 Å². The number of hydrogen-bond acceptors (Lipinski definition) is 3. The number of carbonyl (C=O) groups is 1. The van der Waals surface area contributed by atoms with Crippen LogP contribution in [0.15, 0.2) is 64.6 Å². The molecule has 0 saturated heterocycles. The van der Waals surface area contributed by atoms with E-state index in [2.05, 4.69) is 47.1 Å². The van der Waals surface area contributed by atoms with Gasteiger partial charge >= 0.3 is 0 Å². The van der Waals surface area contributed by atoms with Gasteiger partial charge in [-0.25, -0.2) is 0 Å². The molecule has 0 radical (unpaired) electrons. The Hall–Kier alpha value is -3.10. The van der Waals surface area contributed by atoms with Crippen molar-refractivity contribution in [2.75, 3.05) is 0 Å². The Balaban J connectivity index is 1.97. The molecule has 27 heavy (non-hydrogen) atoms. The van der Waals surface area contributed by atoms with Crippen LogP contribution in [0, 0.1) is 18.3 Å². The lowest BCUT2D eigenvalue weighted by Gasteiger charge is -2.14. The minimum absolute atomic E-state index is 0.126. The van der Waals surface area contributed by atoms with Crippen molar-refractivity contribution >= 4 is 38.7 Å². The quantitative estimate of drug-likeness (QED) is 0.471. The number of hydrogen-bond donors (Lipinski definition) is 1. The molecule has 0 aliphatic heterocycles. The van der Waals surface area contributed by atoms with Gasteiger partial charge in [-0.2, -0.15) is 5.26 Å². The maximum Gasteiger partial charge on any atom is 0.259 e. The van der Waals surface area contributed by atoms with E-state index in [0.717, 1.165) is 26.4 Å². The van der Waals surface area contributed by atoms with E-state index in [4.69, 9.17) is 15.7 Å². The van der Waals surface area contributed by atoms with E-state index in [1.807, 2.05) is 24.3 Å². The van der Waals surface area contributed by atoms with Crippen molar-refractivity contribution in [2.45, 2.75) is 13.5 Å². The van der Waals surface area contributed by atoms with Gasteiger partial charge < -0.3 is 10.5 Å². The monoisotopic (exact) mass is 420 g/mol. The van der Waals surface area contributed by atoms with Crippen LogP contribution < -0.4 is 10.5 Å². The first kappa shape index (κ1) is 18.7. The van der Waals surface area contributed by atoms with E-state index >= 15 is 0 Å². The van der Waals surface area contributed by atoms with E-state index in [-0.39, 0.29) is 5.57 Å². The average molecular weight is 421 g/mol. The van der Waals surface area contributed by atoms with Gasteiger partial charge in [0.15, 0.2) is 0 Å². The molecule has 0 aliphatic rings. The molecular weight excluding hydrogens is 404 g/mol. The van der Waals surface area contributed by atoms with Crippen LogP contribution in [0.2, 0.25) is 0 Å². The van der Waals surface area contributed by atoms with Gasteiger partial charge in [0.25, 0.3) is 5.91 Å². The summed E-state index contributed by atoms with van der Waals surface area (Å²) in [5, 5.41) is 11.4. The molecule has 0 aromatic heterocycles. The first-order valence-electron chi connectivity index (χ1n) is 8.31. The number of nitrogens with two attached hydrogens (primary N) is 1. The highest BCUT2D eigenvalue weighted by molar-refractivity contribution is 9.10. The zero-order valence-corrected chi connectivity index (χ0v) is 16.3. The number of amides is 1. The lowest BCUT2D eigenvalue weighted by Crippen LogP contribution is -2.12. The molecular formula is C22H17BrN2O2. The van der Waals surface area contributed by atoms with Crippen molar-refractivity contribution in [3.63, 3.8) is 0 Å². The first-order valence-corrected chi connectivity index (χ1v) is 9.10. The van der Waals surface area contributed by atoms with Crippen LogP contribution >= 0.6 is 15.9 Å². The number of nitrogens with zero attached hydrogens (tertiary/aromatic N) is 1. The third-order valence-electron chi connectivity index (χ3n) is 4.30. The number of halogens is 1. The summed E-state index contributed by atoms with van der Waals surface area (Å²) in [4.78, 5) is 11.4. The molecule has 5 heteroatoms. The molecule has 0 fully saturated rings. The molecule has 0 unspecified atom stereocenters. The second-order valence-corrected chi connectivity index (χ2v) is 7.00. The van der Waals surface area contributed by atoms with Gasteiger partial charge in [0.05, 0.1) is 0 Å². The Morgan fingerprint density at radius 3 is 2.74 bits per heavy atom. The molecule has 1 amide bonds. The topological polar surface area (TPSA) is 76.1 Å². The summed E-state index contributed by atoms with van der Waals surface area (Å²) in [7, 11) is 0. The van der Waals surface area contributed by atoms with Crippen LogP contribution in [0.4, 0.5) is 0 Å². The Labute approximate surface area is 166 Å². The summed E-state index contributed by atoms with van der Waals surface area (Å²) in [6.45, 7) is 2.42. The molecule has 4 nitrogen and oxygen atoms in total. The van der Waals surface area contributed by atoms with E-state index in [9.17, 15) is 4.79 Å². The van der Waals surface area contributed by atoms with E-state index in [1.165, 1.54) is 6.08 Å². The van der Waals surface area contributed by atoms with Crippen LogP contribution in [0.5, 0.6) is 5.75 Å². The predicted octanol–water partition coefficient (Wildman–Crippen LogP) is 4.88. The molecule has 3 aromatic rings. The molecule has 0 spiro atoms.